The molecule has 0 N–H and O–H groups in total. The van der Waals surface area contributed by atoms with Crippen molar-refractivity contribution >= 4 is 11.6 Å². The smallest absolute Gasteiger partial charge is 0.267 e. The van der Waals surface area contributed by atoms with E-state index < -0.39 is 6.10 Å². The third-order valence-electron chi connectivity index (χ3n) is 3.67. The Hall–Kier alpha value is -2.29. The second-order valence-electron chi connectivity index (χ2n) is 5.69. The lowest BCUT2D eigenvalue weighted by Crippen LogP contribution is -2.38. The van der Waals surface area contributed by atoms with Gasteiger partial charge >= 0.3 is 0 Å². The van der Waals surface area contributed by atoms with Crippen LogP contribution in [-0.4, -0.2) is 19.1 Å². The molecule has 22 heavy (non-hydrogen) atoms. The average Bonchev–Trinajstić information content (AvgIpc) is 2.54. The normalized spacial score (nSPS) is 12.0. The Kier molecular flexibility index (Phi) is 5.21. The molecule has 2 rings (SSSR count). The van der Waals surface area contributed by atoms with E-state index in [4.69, 9.17) is 4.74 Å². The van der Waals surface area contributed by atoms with Gasteiger partial charge in [-0.15, -0.1) is 0 Å². The maximum Gasteiger partial charge on any atom is 0.267 e. The summed E-state index contributed by atoms with van der Waals surface area (Å²) in [5.41, 5.74) is 1.98. The van der Waals surface area contributed by atoms with Crippen LogP contribution in [0, 0.1) is 0 Å². The van der Waals surface area contributed by atoms with Crippen molar-refractivity contribution in [3.63, 3.8) is 0 Å². The third-order valence-corrected chi connectivity index (χ3v) is 3.67. The van der Waals surface area contributed by atoms with Gasteiger partial charge in [-0.2, -0.15) is 0 Å². The van der Waals surface area contributed by atoms with Crippen molar-refractivity contribution in [1.82, 2.24) is 0 Å². The maximum atomic E-state index is 12.5. The molecule has 0 spiro atoms. The van der Waals surface area contributed by atoms with Gasteiger partial charge in [0.15, 0.2) is 6.10 Å². The summed E-state index contributed by atoms with van der Waals surface area (Å²) in [6.07, 6.45) is -0.537. The molecular formula is C19H23NO2. The number of likely N-dealkylation sites (N-methyl/N-ethyl adjacent to an activating group) is 1. The second kappa shape index (κ2) is 7.12. The van der Waals surface area contributed by atoms with E-state index in [1.54, 1.807) is 18.9 Å². The van der Waals surface area contributed by atoms with E-state index in [2.05, 4.69) is 13.8 Å². The summed E-state index contributed by atoms with van der Waals surface area (Å²) in [4.78, 5) is 14.2. The van der Waals surface area contributed by atoms with Crippen molar-refractivity contribution < 1.29 is 9.53 Å². The first-order valence-corrected chi connectivity index (χ1v) is 7.59. The van der Waals surface area contributed by atoms with Gasteiger partial charge in [0.05, 0.1) is 0 Å². The minimum atomic E-state index is -0.537. The minimum absolute atomic E-state index is 0.0650. The van der Waals surface area contributed by atoms with Crippen molar-refractivity contribution in [3.8, 4) is 5.75 Å². The number of hydrogen-bond donors (Lipinski definition) is 0. The maximum absolute atomic E-state index is 12.5. The van der Waals surface area contributed by atoms with E-state index in [0.29, 0.717) is 5.92 Å². The lowest BCUT2D eigenvalue weighted by Gasteiger charge is -2.23. The molecule has 0 saturated carbocycles. The Morgan fingerprint density at radius 2 is 1.55 bits per heavy atom. The van der Waals surface area contributed by atoms with Crippen LogP contribution in [0.25, 0.3) is 0 Å². The van der Waals surface area contributed by atoms with Crippen molar-refractivity contribution in [3.05, 3.63) is 60.2 Å². The molecule has 116 valence electrons. The van der Waals surface area contributed by atoms with Gasteiger partial charge < -0.3 is 9.64 Å². The van der Waals surface area contributed by atoms with Crippen LogP contribution in [0.5, 0.6) is 5.75 Å². The summed E-state index contributed by atoms with van der Waals surface area (Å²) in [5.74, 6) is 1.06. The zero-order chi connectivity index (χ0) is 16.1. The largest absolute Gasteiger partial charge is 0.481 e. The molecule has 0 aliphatic carbocycles. The number of ether oxygens (including phenoxy) is 1. The summed E-state index contributed by atoms with van der Waals surface area (Å²) >= 11 is 0. The molecule has 3 nitrogen and oxygen atoms in total. The van der Waals surface area contributed by atoms with E-state index in [9.17, 15) is 4.79 Å². The number of carbonyl (C=O) groups excluding carboxylic acids is 1. The van der Waals surface area contributed by atoms with E-state index in [0.717, 1.165) is 17.0 Å². The first kappa shape index (κ1) is 16.1. The Morgan fingerprint density at radius 1 is 0.955 bits per heavy atom. The zero-order valence-electron chi connectivity index (χ0n) is 13.6. The fourth-order valence-electron chi connectivity index (χ4n) is 2.36. The van der Waals surface area contributed by atoms with Gasteiger partial charge in [0.1, 0.15) is 5.75 Å². The summed E-state index contributed by atoms with van der Waals surface area (Å²) in [7, 11) is 1.77. The molecular weight excluding hydrogens is 274 g/mol. The van der Waals surface area contributed by atoms with Crippen molar-refractivity contribution in [2.75, 3.05) is 11.9 Å². The fraction of sp³-hybridized carbons (Fsp3) is 0.316. The number of anilines is 1. The van der Waals surface area contributed by atoms with Gasteiger partial charge in [0.2, 0.25) is 0 Å². The third kappa shape index (κ3) is 3.67. The molecule has 0 aromatic heterocycles. The highest BCUT2D eigenvalue weighted by Crippen LogP contribution is 2.27. The van der Waals surface area contributed by atoms with E-state index in [-0.39, 0.29) is 5.91 Å². The van der Waals surface area contributed by atoms with Crippen LogP contribution < -0.4 is 9.64 Å². The van der Waals surface area contributed by atoms with Crippen molar-refractivity contribution in [2.24, 2.45) is 0 Å². The molecule has 0 aliphatic heterocycles. The van der Waals surface area contributed by atoms with Gasteiger partial charge in [0.25, 0.3) is 5.91 Å². The summed E-state index contributed by atoms with van der Waals surface area (Å²) in [6, 6.07) is 17.5. The molecule has 1 atom stereocenters. The average molecular weight is 297 g/mol. The van der Waals surface area contributed by atoms with Crippen LogP contribution in [0.15, 0.2) is 54.6 Å². The van der Waals surface area contributed by atoms with Crippen LogP contribution >= 0.6 is 0 Å². The van der Waals surface area contributed by atoms with Crippen LogP contribution in [0.2, 0.25) is 0 Å². The lowest BCUT2D eigenvalue weighted by atomic mass is 10.0. The molecule has 0 saturated heterocycles. The number of hydrogen-bond acceptors (Lipinski definition) is 2. The van der Waals surface area contributed by atoms with Crippen LogP contribution in [0.1, 0.15) is 32.3 Å². The highest BCUT2D eigenvalue weighted by atomic mass is 16.5. The zero-order valence-corrected chi connectivity index (χ0v) is 13.6. The first-order valence-electron chi connectivity index (χ1n) is 7.59. The number of amides is 1. The van der Waals surface area contributed by atoms with Gasteiger partial charge in [-0.05, 0) is 36.6 Å². The monoisotopic (exact) mass is 297 g/mol. The van der Waals surface area contributed by atoms with Crippen molar-refractivity contribution in [2.45, 2.75) is 32.8 Å². The molecule has 0 fully saturated rings. The number of para-hydroxylation sites is 2. The van der Waals surface area contributed by atoms with Gasteiger partial charge in [-0.1, -0.05) is 50.2 Å². The highest BCUT2D eigenvalue weighted by Gasteiger charge is 2.21. The highest BCUT2D eigenvalue weighted by molar-refractivity contribution is 5.96. The Balaban J connectivity index is 2.12. The second-order valence-corrected chi connectivity index (χ2v) is 5.69. The summed E-state index contributed by atoms with van der Waals surface area (Å²) in [6.45, 7) is 6.02. The number of rotatable bonds is 5. The van der Waals surface area contributed by atoms with Crippen LogP contribution in [0.3, 0.4) is 0 Å². The minimum Gasteiger partial charge on any atom is -0.481 e. The number of carbonyl (C=O) groups is 1. The van der Waals surface area contributed by atoms with E-state index in [1.165, 1.54) is 0 Å². The van der Waals surface area contributed by atoms with Gasteiger partial charge in [-0.25, -0.2) is 0 Å². The summed E-state index contributed by atoms with van der Waals surface area (Å²) < 4.78 is 5.92. The number of nitrogens with zero attached hydrogens (tertiary/aromatic N) is 1. The topological polar surface area (TPSA) is 29.5 Å². The van der Waals surface area contributed by atoms with Gasteiger partial charge in [-0.3, -0.25) is 4.79 Å². The Morgan fingerprint density at radius 3 is 2.18 bits per heavy atom. The lowest BCUT2D eigenvalue weighted by molar-refractivity contribution is -0.124. The predicted octanol–water partition coefficient (Wildman–Crippen LogP) is 4.24. The molecule has 2 aromatic carbocycles. The van der Waals surface area contributed by atoms with E-state index in [1.807, 2.05) is 54.6 Å². The first-order chi connectivity index (χ1) is 10.5. The molecule has 3 heteroatoms. The Labute approximate surface area is 132 Å². The van der Waals surface area contributed by atoms with Crippen molar-refractivity contribution in [1.29, 1.82) is 0 Å². The Bertz CT molecular complexity index is 622. The molecule has 0 heterocycles. The quantitative estimate of drug-likeness (QED) is 0.826. The number of benzene rings is 2. The molecule has 1 unspecified atom stereocenters. The standard InChI is InChI=1S/C19H23NO2/c1-14(2)17-12-8-9-13-18(17)22-15(3)19(21)20(4)16-10-6-5-7-11-16/h5-15H,1-4H3. The fourth-order valence-corrected chi connectivity index (χ4v) is 2.36. The molecule has 0 radical (unpaired) electrons. The van der Waals surface area contributed by atoms with E-state index >= 15 is 0 Å². The summed E-state index contributed by atoms with van der Waals surface area (Å²) in [5, 5.41) is 0. The SMILES string of the molecule is CC(Oc1ccccc1C(C)C)C(=O)N(C)c1ccccc1. The van der Waals surface area contributed by atoms with Crippen LogP contribution in [0.4, 0.5) is 5.69 Å². The molecule has 2 aromatic rings. The predicted molar refractivity (Wildman–Crippen MR) is 90.5 cm³/mol. The molecule has 0 bridgehead atoms. The molecule has 0 aliphatic rings. The van der Waals surface area contributed by atoms with Crippen LogP contribution in [-0.2, 0) is 4.79 Å². The van der Waals surface area contributed by atoms with Gasteiger partial charge in [0, 0.05) is 12.7 Å². The molecule has 1 amide bonds.